The molecule has 1 aromatic rings. The van der Waals surface area contributed by atoms with Gasteiger partial charge in [-0.15, -0.1) is 0 Å². The number of phosphoric ester groups is 1. The molecule has 0 aliphatic carbocycles. The quantitative estimate of drug-likeness (QED) is 0.212. The molecule has 0 aliphatic heterocycles. The number of hydrogen-bond acceptors (Lipinski definition) is 5. The van der Waals surface area contributed by atoms with Crippen molar-refractivity contribution in [2.45, 2.75) is 70.8 Å². The Hall–Kier alpha value is -0.950. The number of rotatable bonds is 20. The normalized spacial score (nSPS) is 12.8. The lowest BCUT2D eigenvalue weighted by Crippen LogP contribution is -2.24. The lowest BCUT2D eigenvalue weighted by molar-refractivity contribution is 0.00222. The highest BCUT2D eigenvalue weighted by atomic mass is 31.2. The molecule has 1 aromatic carbocycles. The third-order valence-corrected chi connectivity index (χ3v) is 5.11. The van der Waals surface area contributed by atoms with Crippen LogP contribution in [0.4, 0.5) is 0 Å². The Morgan fingerprint density at radius 2 is 1.43 bits per heavy atom. The van der Waals surface area contributed by atoms with Gasteiger partial charge in [-0.1, -0.05) is 70.1 Å². The molecule has 174 valence electrons. The zero-order chi connectivity index (χ0) is 21.9. The number of benzene rings is 1. The topological polar surface area (TPSA) is 94.5 Å². The van der Waals surface area contributed by atoms with Crippen molar-refractivity contribution in [2.24, 2.45) is 0 Å². The van der Waals surface area contributed by atoms with Gasteiger partial charge >= 0.3 is 7.82 Å². The molecule has 0 saturated heterocycles. The van der Waals surface area contributed by atoms with Crippen molar-refractivity contribution in [3.63, 3.8) is 0 Å². The molecular weight excluding hydrogens is 407 g/mol. The maximum atomic E-state index is 10.6. The van der Waals surface area contributed by atoms with E-state index in [0.29, 0.717) is 19.8 Å². The molecule has 0 aromatic heterocycles. The van der Waals surface area contributed by atoms with Gasteiger partial charge in [-0.2, -0.15) is 0 Å². The summed E-state index contributed by atoms with van der Waals surface area (Å²) < 4.78 is 31.9. The second-order valence-electron chi connectivity index (χ2n) is 7.33. The monoisotopic (exact) mass is 446 g/mol. The molecule has 0 bridgehead atoms. The van der Waals surface area contributed by atoms with E-state index in [1.165, 1.54) is 44.9 Å². The van der Waals surface area contributed by atoms with Gasteiger partial charge in [0.05, 0.1) is 33.0 Å². The molecule has 0 radical (unpaired) electrons. The predicted molar refractivity (Wildman–Crippen MR) is 118 cm³/mol. The minimum atomic E-state index is -4.42. The minimum absolute atomic E-state index is 0.00881. The van der Waals surface area contributed by atoms with Gasteiger partial charge in [-0.05, 0) is 25.0 Å². The highest BCUT2D eigenvalue weighted by Gasteiger charge is 2.13. The van der Waals surface area contributed by atoms with Crippen LogP contribution in [0.15, 0.2) is 30.3 Å². The Morgan fingerprint density at radius 1 is 0.833 bits per heavy atom. The van der Waals surface area contributed by atoms with E-state index in [4.69, 9.17) is 24.0 Å². The van der Waals surface area contributed by atoms with Crippen LogP contribution in [-0.4, -0.2) is 48.9 Å². The summed E-state index contributed by atoms with van der Waals surface area (Å²) in [5, 5.41) is 0. The fourth-order valence-corrected chi connectivity index (χ4v) is 3.34. The molecule has 0 spiro atoms. The lowest BCUT2D eigenvalue weighted by atomic mass is 10.1. The van der Waals surface area contributed by atoms with Crippen LogP contribution in [0, 0.1) is 0 Å². The zero-order valence-corrected chi connectivity index (χ0v) is 19.1. The van der Waals surface area contributed by atoms with Crippen molar-refractivity contribution >= 4 is 7.82 Å². The highest BCUT2D eigenvalue weighted by Crippen LogP contribution is 2.35. The van der Waals surface area contributed by atoms with E-state index < -0.39 is 7.82 Å². The fourth-order valence-electron chi connectivity index (χ4n) is 3.02. The van der Waals surface area contributed by atoms with Crippen LogP contribution in [0.5, 0.6) is 5.75 Å². The van der Waals surface area contributed by atoms with E-state index in [1.807, 2.05) is 30.3 Å². The number of ether oxygens (including phenoxy) is 3. The summed E-state index contributed by atoms with van der Waals surface area (Å²) in [4.78, 5) is 17.2. The summed E-state index contributed by atoms with van der Waals surface area (Å²) in [6, 6.07) is 9.77. The summed E-state index contributed by atoms with van der Waals surface area (Å²) in [5.41, 5.74) is 0. The number of unbranched alkanes of at least 4 members (excludes halogenated alkanes) is 7. The van der Waals surface area contributed by atoms with Crippen molar-refractivity contribution in [3.8, 4) is 5.75 Å². The van der Waals surface area contributed by atoms with Crippen LogP contribution in [-0.2, 0) is 18.6 Å². The van der Waals surface area contributed by atoms with Crippen LogP contribution in [0.2, 0.25) is 0 Å². The number of para-hydroxylation sites is 1. The first kappa shape index (κ1) is 27.1. The van der Waals surface area contributed by atoms with Gasteiger partial charge in [0.2, 0.25) is 0 Å². The Morgan fingerprint density at radius 3 is 2.10 bits per heavy atom. The van der Waals surface area contributed by atoms with Crippen LogP contribution >= 0.6 is 7.82 Å². The molecule has 30 heavy (non-hydrogen) atoms. The van der Waals surface area contributed by atoms with Crippen molar-refractivity contribution < 1.29 is 33.1 Å². The van der Waals surface area contributed by atoms with Crippen LogP contribution in [0.3, 0.4) is 0 Å². The highest BCUT2D eigenvalue weighted by molar-refractivity contribution is 7.46. The van der Waals surface area contributed by atoms with E-state index in [2.05, 4.69) is 11.4 Å². The molecule has 7 nitrogen and oxygen atoms in total. The Bertz CT molecular complexity index is 550. The molecule has 1 unspecified atom stereocenters. The Balaban J connectivity index is 2.18. The van der Waals surface area contributed by atoms with Crippen molar-refractivity contribution in [2.75, 3.05) is 33.0 Å². The molecule has 0 amide bonds. The standard InChI is InChI=1S/C22H39O7P/c1-2-3-4-5-6-7-8-10-15-22(29-21-13-11-9-12-14-21)20-27-17-16-26-18-19-28-30(23,24)25/h9,11-14,22H,2-8,10,15-20H2,1H3,(H2,23,24,25). The minimum Gasteiger partial charge on any atom is -0.488 e. The van der Waals surface area contributed by atoms with Gasteiger partial charge in [-0.25, -0.2) is 4.57 Å². The summed E-state index contributed by atoms with van der Waals surface area (Å²) >= 11 is 0. The Kier molecular flexibility index (Phi) is 16.0. The fraction of sp³-hybridized carbons (Fsp3) is 0.727. The molecule has 2 N–H and O–H groups in total. The average molecular weight is 447 g/mol. The van der Waals surface area contributed by atoms with Gasteiger partial charge in [0.1, 0.15) is 11.9 Å². The smallest absolute Gasteiger partial charge is 0.469 e. The largest absolute Gasteiger partial charge is 0.488 e. The van der Waals surface area contributed by atoms with Crippen molar-refractivity contribution in [3.05, 3.63) is 30.3 Å². The molecular formula is C22H39O7P. The third-order valence-electron chi connectivity index (χ3n) is 4.59. The van der Waals surface area contributed by atoms with E-state index in [0.717, 1.165) is 18.6 Å². The molecule has 0 saturated carbocycles. The summed E-state index contributed by atoms with van der Waals surface area (Å²) in [5.74, 6) is 0.844. The van der Waals surface area contributed by atoms with Gasteiger partial charge < -0.3 is 24.0 Å². The number of hydrogen-bond donors (Lipinski definition) is 2. The van der Waals surface area contributed by atoms with Gasteiger partial charge in [0.15, 0.2) is 0 Å². The van der Waals surface area contributed by atoms with E-state index >= 15 is 0 Å². The van der Waals surface area contributed by atoms with Crippen LogP contribution in [0.1, 0.15) is 64.7 Å². The third kappa shape index (κ3) is 16.8. The van der Waals surface area contributed by atoms with Gasteiger partial charge in [0, 0.05) is 0 Å². The summed E-state index contributed by atoms with van der Waals surface area (Å²) in [6.45, 7) is 3.40. The predicted octanol–water partition coefficient (Wildman–Crippen LogP) is 5.11. The van der Waals surface area contributed by atoms with E-state index in [-0.39, 0.29) is 19.3 Å². The van der Waals surface area contributed by atoms with Crippen molar-refractivity contribution in [1.82, 2.24) is 0 Å². The number of phosphoric acid groups is 1. The van der Waals surface area contributed by atoms with E-state index in [1.54, 1.807) is 0 Å². The summed E-state index contributed by atoms with van der Waals surface area (Å²) in [7, 11) is -4.42. The van der Waals surface area contributed by atoms with E-state index in [9.17, 15) is 4.57 Å². The molecule has 1 rings (SSSR count). The second-order valence-corrected chi connectivity index (χ2v) is 8.57. The Labute approximate surface area is 181 Å². The molecule has 0 aliphatic rings. The first-order chi connectivity index (χ1) is 14.5. The molecule has 8 heteroatoms. The second kappa shape index (κ2) is 17.7. The molecule has 0 fully saturated rings. The maximum absolute atomic E-state index is 10.6. The maximum Gasteiger partial charge on any atom is 0.469 e. The van der Waals surface area contributed by atoms with Crippen LogP contribution < -0.4 is 4.74 Å². The average Bonchev–Trinajstić information content (AvgIpc) is 2.71. The zero-order valence-electron chi connectivity index (χ0n) is 18.2. The first-order valence-corrected chi connectivity index (χ1v) is 12.6. The van der Waals surface area contributed by atoms with Crippen molar-refractivity contribution in [1.29, 1.82) is 0 Å². The van der Waals surface area contributed by atoms with Gasteiger partial charge in [0.25, 0.3) is 0 Å². The molecule has 0 heterocycles. The SMILES string of the molecule is CCCCCCCCCCC(COCCOCCOP(=O)(O)O)Oc1ccccc1. The lowest BCUT2D eigenvalue weighted by Gasteiger charge is -2.19. The first-order valence-electron chi connectivity index (χ1n) is 11.1. The van der Waals surface area contributed by atoms with Crippen LogP contribution in [0.25, 0.3) is 0 Å². The van der Waals surface area contributed by atoms with Gasteiger partial charge in [-0.3, -0.25) is 4.52 Å². The molecule has 1 atom stereocenters. The summed E-state index contributed by atoms with van der Waals surface area (Å²) in [6.07, 6.45) is 11.1.